The lowest BCUT2D eigenvalue weighted by Crippen LogP contribution is -2.14. The zero-order valence-electron chi connectivity index (χ0n) is 12.0. The van der Waals surface area contributed by atoms with Crippen LogP contribution >= 0.6 is 0 Å². The molecule has 1 amide bonds. The van der Waals surface area contributed by atoms with Gasteiger partial charge in [0.2, 0.25) is 0 Å². The second-order valence-corrected chi connectivity index (χ2v) is 5.50. The number of hydrogen-bond donors (Lipinski definition) is 1. The second kappa shape index (κ2) is 4.74. The van der Waals surface area contributed by atoms with Crippen LogP contribution in [-0.2, 0) is 7.05 Å². The summed E-state index contributed by atoms with van der Waals surface area (Å²) in [7, 11) is 1.84. The Kier molecular flexibility index (Phi) is 3.04. The summed E-state index contributed by atoms with van der Waals surface area (Å²) in [4.78, 5) is 16.7. The Bertz CT molecular complexity index is 650. The van der Waals surface area contributed by atoms with Crippen molar-refractivity contribution >= 4 is 11.7 Å². The summed E-state index contributed by atoms with van der Waals surface area (Å²) in [6.45, 7) is 3.91. The van der Waals surface area contributed by atoms with Crippen LogP contribution in [0.3, 0.4) is 0 Å². The minimum atomic E-state index is -0.127. The molecule has 104 valence electrons. The highest BCUT2D eigenvalue weighted by Crippen LogP contribution is 2.40. The van der Waals surface area contributed by atoms with Crippen molar-refractivity contribution in [2.75, 3.05) is 5.32 Å². The van der Waals surface area contributed by atoms with Gasteiger partial charge in [0.25, 0.3) is 5.91 Å². The van der Waals surface area contributed by atoms with E-state index in [2.05, 4.69) is 15.4 Å². The van der Waals surface area contributed by atoms with Crippen molar-refractivity contribution in [2.45, 2.75) is 32.6 Å². The van der Waals surface area contributed by atoms with Crippen molar-refractivity contribution < 1.29 is 4.79 Å². The van der Waals surface area contributed by atoms with Gasteiger partial charge in [0.15, 0.2) is 0 Å². The van der Waals surface area contributed by atoms with Gasteiger partial charge in [-0.3, -0.25) is 9.48 Å². The molecule has 1 aliphatic rings. The predicted molar refractivity (Wildman–Crippen MR) is 76.8 cm³/mol. The summed E-state index contributed by atoms with van der Waals surface area (Å²) in [6, 6.07) is 3.85. The van der Waals surface area contributed by atoms with E-state index >= 15 is 0 Å². The smallest absolute Gasteiger partial charge is 0.260 e. The van der Waals surface area contributed by atoms with E-state index < -0.39 is 0 Å². The van der Waals surface area contributed by atoms with Gasteiger partial charge in [0, 0.05) is 24.9 Å². The van der Waals surface area contributed by atoms with E-state index in [0.29, 0.717) is 17.3 Å². The Morgan fingerprint density at radius 1 is 1.35 bits per heavy atom. The summed E-state index contributed by atoms with van der Waals surface area (Å²) in [5.74, 6) is 0.916. The average molecular weight is 270 g/mol. The molecule has 1 aliphatic carbocycles. The molecule has 2 aromatic rings. The Balaban J connectivity index is 1.85. The van der Waals surface area contributed by atoms with Gasteiger partial charge in [-0.1, -0.05) is 0 Å². The SMILES string of the molecule is Cc1cc(C)nc(NC(=O)c2cn(C)nc2C2CC2)c1. The molecule has 5 heteroatoms. The molecule has 1 saturated carbocycles. The molecule has 0 unspecified atom stereocenters. The van der Waals surface area contributed by atoms with Gasteiger partial charge in [-0.05, 0) is 44.4 Å². The van der Waals surface area contributed by atoms with Crippen LogP contribution < -0.4 is 5.32 Å². The Morgan fingerprint density at radius 3 is 2.75 bits per heavy atom. The lowest BCUT2D eigenvalue weighted by Gasteiger charge is -2.06. The van der Waals surface area contributed by atoms with E-state index in [0.717, 1.165) is 29.8 Å². The second-order valence-electron chi connectivity index (χ2n) is 5.50. The molecule has 0 aliphatic heterocycles. The third-order valence-electron chi connectivity index (χ3n) is 3.41. The maximum Gasteiger partial charge on any atom is 0.260 e. The topological polar surface area (TPSA) is 59.8 Å². The molecule has 2 aromatic heterocycles. The average Bonchev–Trinajstić information content (AvgIpc) is 3.11. The van der Waals surface area contributed by atoms with Crippen molar-refractivity contribution in [3.8, 4) is 0 Å². The van der Waals surface area contributed by atoms with Gasteiger partial charge in [-0.15, -0.1) is 0 Å². The summed E-state index contributed by atoms with van der Waals surface area (Å²) < 4.78 is 1.71. The molecule has 1 fully saturated rings. The van der Waals surface area contributed by atoms with Crippen molar-refractivity contribution in [2.24, 2.45) is 7.05 Å². The zero-order chi connectivity index (χ0) is 14.3. The van der Waals surface area contributed by atoms with Crippen LogP contribution in [0.2, 0.25) is 0 Å². The van der Waals surface area contributed by atoms with Crippen LogP contribution in [0, 0.1) is 13.8 Å². The number of carbonyl (C=O) groups is 1. The number of carbonyl (C=O) groups excluding carboxylic acids is 1. The number of nitrogens with zero attached hydrogens (tertiary/aromatic N) is 3. The number of amides is 1. The third-order valence-corrected chi connectivity index (χ3v) is 3.41. The maximum atomic E-state index is 12.4. The first-order valence-corrected chi connectivity index (χ1v) is 6.83. The van der Waals surface area contributed by atoms with Gasteiger partial charge in [-0.2, -0.15) is 5.10 Å². The lowest BCUT2D eigenvalue weighted by atomic mass is 10.1. The molecular formula is C15H18N4O. The fraction of sp³-hybridized carbons (Fsp3) is 0.400. The van der Waals surface area contributed by atoms with E-state index in [9.17, 15) is 4.79 Å². The molecule has 0 bridgehead atoms. The van der Waals surface area contributed by atoms with Crippen LogP contribution in [0.1, 0.15) is 46.1 Å². The highest BCUT2D eigenvalue weighted by atomic mass is 16.1. The highest BCUT2D eigenvalue weighted by molar-refractivity contribution is 6.04. The number of pyridine rings is 1. The van der Waals surface area contributed by atoms with Crippen LogP contribution in [0.15, 0.2) is 18.3 Å². The van der Waals surface area contributed by atoms with E-state index in [1.165, 1.54) is 0 Å². The summed E-state index contributed by atoms with van der Waals surface area (Å²) >= 11 is 0. The molecule has 0 saturated heterocycles. The van der Waals surface area contributed by atoms with Crippen molar-refractivity contribution in [1.29, 1.82) is 0 Å². The molecule has 3 rings (SSSR count). The zero-order valence-corrected chi connectivity index (χ0v) is 12.0. The fourth-order valence-corrected chi connectivity index (χ4v) is 2.43. The first kappa shape index (κ1) is 12.8. The largest absolute Gasteiger partial charge is 0.306 e. The van der Waals surface area contributed by atoms with E-state index in [1.807, 2.05) is 33.0 Å². The summed E-state index contributed by atoms with van der Waals surface area (Å²) in [5.41, 5.74) is 3.56. The summed E-state index contributed by atoms with van der Waals surface area (Å²) in [5, 5.41) is 7.28. The fourth-order valence-electron chi connectivity index (χ4n) is 2.43. The normalized spacial score (nSPS) is 14.3. The van der Waals surface area contributed by atoms with Crippen molar-refractivity contribution in [1.82, 2.24) is 14.8 Å². The van der Waals surface area contributed by atoms with Crippen LogP contribution in [0.4, 0.5) is 5.82 Å². The number of hydrogen-bond acceptors (Lipinski definition) is 3. The molecule has 0 aromatic carbocycles. The molecule has 0 radical (unpaired) electrons. The van der Waals surface area contributed by atoms with Crippen molar-refractivity contribution in [3.63, 3.8) is 0 Å². The molecule has 2 heterocycles. The Labute approximate surface area is 118 Å². The van der Waals surface area contributed by atoms with Crippen LogP contribution in [0.25, 0.3) is 0 Å². The summed E-state index contributed by atoms with van der Waals surface area (Å²) in [6.07, 6.45) is 4.03. The lowest BCUT2D eigenvalue weighted by molar-refractivity contribution is 0.102. The minimum absolute atomic E-state index is 0.127. The van der Waals surface area contributed by atoms with Gasteiger partial charge >= 0.3 is 0 Å². The van der Waals surface area contributed by atoms with Gasteiger partial charge in [0.05, 0.1) is 11.3 Å². The quantitative estimate of drug-likeness (QED) is 0.932. The van der Waals surface area contributed by atoms with Gasteiger partial charge < -0.3 is 5.32 Å². The molecular weight excluding hydrogens is 252 g/mol. The highest BCUT2D eigenvalue weighted by Gasteiger charge is 2.31. The number of rotatable bonds is 3. The van der Waals surface area contributed by atoms with Gasteiger partial charge in [0.1, 0.15) is 5.82 Å². The standard InChI is InChI=1S/C15H18N4O/c1-9-6-10(2)16-13(7-9)17-15(20)12-8-19(3)18-14(12)11-4-5-11/h6-8,11H,4-5H2,1-3H3,(H,16,17,20). The van der Waals surface area contributed by atoms with Crippen molar-refractivity contribution in [3.05, 3.63) is 40.8 Å². The third kappa shape index (κ3) is 2.57. The number of aromatic nitrogens is 3. The number of aryl methyl sites for hydroxylation is 3. The number of anilines is 1. The molecule has 0 atom stereocenters. The van der Waals surface area contributed by atoms with E-state index in [4.69, 9.17) is 0 Å². The Morgan fingerprint density at radius 2 is 2.10 bits per heavy atom. The Hall–Kier alpha value is -2.17. The van der Waals surface area contributed by atoms with E-state index in [1.54, 1.807) is 10.9 Å². The molecule has 20 heavy (non-hydrogen) atoms. The predicted octanol–water partition coefficient (Wildman–Crippen LogP) is 2.56. The monoisotopic (exact) mass is 270 g/mol. The molecule has 0 spiro atoms. The van der Waals surface area contributed by atoms with Crippen LogP contribution in [-0.4, -0.2) is 20.7 Å². The first-order valence-electron chi connectivity index (χ1n) is 6.83. The maximum absolute atomic E-state index is 12.4. The molecule has 1 N–H and O–H groups in total. The van der Waals surface area contributed by atoms with E-state index in [-0.39, 0.29) is 5.91 Å². The molecule has 5 nitrogen and oxygen atoms in total. The number of nitrogens with one attached hydrogen (secondary N) is 1. The van der Waals surface area contributed by atoms with Crippen LogP contribution in [0.5, 0.6) is 0 Å². The minimum Gasteiger partial charge on any atom is -0.306 e. The van der Waals surface area contributed by atoms with Gasteiger partial charge in [-0.25, -0.2) is 4.98 Å². The first-order chi connectivity index (χ1) is 9.52.